The average molecular weight is 354 g/mol. The van der Waals surface area contributed by atoms with Crippen molar-refractivity contribution in [3.05, 3.63) is 71.4 Å². The summed E-state index contributed by atoms with van der Waals surface area (Å²) in [6.07, 6.45) is 1.74. The maximum absolute atomic E-state index is 12.6. The van der Waals surface area contributed by atoms with Gasteiger partial charge >= 0.3 is 0 Å². The third-order valence-electron chi connectivity index (χ3n) is 4.15. The van der Waals surface area contributed by atoms with Crippen LogP contribution in [-0.2, 0) is 4.79 Å². The molecule has 1 aromatic heterocycles. The van der Waals surface area contributed by atoms with Crippen molar-refractivity contribution in [2.24, 2.45) is 0 Å². The Morgan fingerprint density at radius 3 is 2.68 bits per heavy atom. The maximum Gasteiger partial charge on any atom is 0.241 e. The lowest BCUT2D eigenvalue weighted by atomic mass is 10.1. The molecule has 3 rings (SSSR count). The van der Waals surface area contributed by atoms with Crippen molar-refractivity contribution in [2.75, 3.05) is 5.32 Å². The van der Waals surface area contributed by atoms with Crippen molar-refractivity contribution in [3.8, 4) is 0 Å². The Morgan fingerprint density at radius 1 is 1.08 bits per heavy atom. The van der Waals surface area contributed by atoms with Crippen LogP contribution in [0.5, 0.6) is 0 Å². The highest BCUT2D eigenvalue weighted by Gasteiger charge is 2.17. The second kappa shape index (κ2) is 7.64. The van der Waals surface area contributed by atoms with E-state index in [0.717, 1.165) is 22.2 Å². The van der Waals surface area contributed by atoms with E-state index in [9.17, 15) is 4.79 Å². The van der Waals surface area contributed by atoms with Crippen molar-refractivity contribution < 1.29 is 4.79 Å². The first-order valence-electron chi connectivity index (χ1n) is 8.21. The van der Waals surface area contributed by atoms with E-state index in [2.05, 4.69) is 15.6 Å². The lowest BCUT2D eigenvalue weighted by molar-refractivity contribution is -0.117. The molecule has 0 aliphatic carbocycles. The van der Waals surface area contributed by atoms with Crippen LogP contribution in [0.15, 0.2) is 60.8 Å². The number of amides is 1. The molecule has 2 atom stereocenters. The predicted octanol–water partition coefficient (Wildman–Crippen LogP) is 4.57. The molecule has 0 fully saturated rings. The van der Waals surface area contributed by atoms with Gasteiger partial charge < -0.3 is 5.32 Å². The Hall–Kier alpha value is -2.43. The lowest BCUT2D eigenvalue weighted by Gasteiger charge is -2.20. The fraction of sp³-hybridized carbons (Fsp3) is 0.200. The number of nitrogens with one attached hydrogen (secondary N) is 2. The minimum atomic E-state index is -0.360. The normalized spacial score (nSPS) is 13.4. The molecule has 0 aliphatic heterocycles. The minimum Gasteiger partial charge on any atom is -0.324 e. The quantitative estimate of drug-likeness (QED) is 0.706. The van der Waals surface area contributed by atoms with Crippen molar-refractivity contribution >= 4 is 34.1 Å². The summed E-state index contributed by atoms with van der Waals surface area (Å²) < 4.78 is 0. The van der Waals surface area contributed by atoms with Gasteiger partial charge in [-0.25, -0.2) is 0 Å². The first kappa shape index (κ1) is 17.4. The molecule has 0 spiro atoms. The standard InChI is InChI=1S/C20H20ClN3O/c1-13(15-6-3-7-16(21)12-15)23-14(2)20(25)24-19-10-4-9-18-17(19)8-5-11-22-18/h3-14,23H,1-2H3,(H,24,25). The summed E-state index contributed by atoms with van der Waals surface area (Å²) in [7, 11) is 0. The number of carbonyl (C=O) groups excluding carboxylic acids is 1. The molecule has 0 bridgehead atoms. The third-order valence-corrected chi connectivity index (χ3v) is 4.38. The molecule has 2 N–H and O–H groups in total. The third kappa shape index (κ3) is 4.16. The van der Waals surface area contributed by atoms with Gasteiger partial charge in [0, 0.05) is 22.6 Å². The van der Waals surface area contributed by atoms with Crippen LogP contribution in [0.1, 0.15) is 25.5 Å². The average Bonchev–Trinajstić information content (AvgIpc) is 2.62. The van der Waals surface area contributed by atoms with Gasteiger partial charge in [0.2, 0.25) is 5.91 Å². The van der Waals surface area contributed by atoms with Gasteiger partial charge in [-0.15, -0.1) is 0 Å². The van der Waals surface area contributed by atoms with Crippen molar-refractivity contribution in [2.45, 2.75) is 25.9 Å². The highest BCUT2D eigenvalue weighted by molar-refractivity contribution is 6.30. The molecule has 2 aromatic carbocycles. The molecular weight excluding hydrogens is 334 g/mol. The summed E-state index contributed by atoms with van der Waals surface area (Å²) in [6.45, 7) is 3.86. The summed E-state index contributed by atoms with van der Waals surface area (Å²) in [4.78, 5) is 16.9. The number of carbonyl (C=O) groups is 1. The number of nitrogens with zero attached hydrogens (tertiary/aromatic N) is 1. The first-order valence-corrected chi connectivity index (χ1v) is 8.58. The Bertz CT molecular complexity index is 892. The number of pyridine rings is 1. The summed E-state index contributed by atoms with van der Waals surface area (Å²) in [5.74, 6) is -0.0924. The van der Waals surface area contributed by atoms with Crippen molar-refractivity contribution in [1.82, 2.24) is 10.3 Å². The molecule has 1 amide bonds. The van der Waals surface area contributed by atoms with E-state index in [1.54, 1.807) is 6.20 Å². The van der Waals surface area contributed by atoms with E-state index in [4.69, 9.17) is 11.6 Å². The fourth-order valence-electron chi connectivity index (χ4n) is 2.78. The van der Waals surface area contributed by atoms with Crippen LogP contribution >= 0.6 is 11.6 Å². The number of hydrogen-bond acceptors (Lipinski definition) is 3. The number of hydrogen-bond donors (Lipinski definition) is 2. The van der Waals surface area contributed by atoms with Crippen LogP contribution in [0.3, 0.4) is 0 Å². The van der Waals surface area contributed by atoms with Crippen molar-refractivity contribution in [3.63, 3.8) is 0 Å². The summed E-state index contributed by atoms with van der Waals surface area (Å²) in [5.41, 5.74) is 2.66. The van der Waals surface area contributed by atoms with Gasteiger partial charge in [-0.05, 0) is 55.8 Å². The fourth-order valence-corrected chi connectivity index (χ4v) is 2.97. The monoisotopic (exact) mass is 353 g/mol. The molecule has 4 nitrogen and oxygen atoms in total. The Balaban J connectivity index is 1.70. The summed E-state index contributed by atoms with van der Waals surface area (Å²) in [6, 6.07) is 16.8. The summed E-state index contributed by atoms with van der Waals surface area (Å²) >= 11 is 6.04. The van der Waals surface area contributed by atoms with Gasteiger partial charge in [-0.3, -0.25) is 15.1 Å². The number of fused-ring (bicyclic) bond motifs is 1. The zero-order chi connectivity index (χ0) is 17.8. The number of anilines is 1. The summed E-state index contributed by atoms with van der Waals surface area (Å²) in [5, 5.41) is 7.90. The molecular formula is C20H20ClN3O. The van der Waals surface area contributed by atoms with Crippen LogP contribution in [0.4, 0.5) is 5.69 Å². The van der Waals surface area contributed by atoms with Crippen LogP contribution in [0.25, 0.3) is 10.9 Å². The zero-order valence-corrected chi connectivity index (χ0v) is 14.9. The highest BCUT2D eigenvalue weighted by atomic mass is 35.5. The van der Waals surface area contributed by atoms with E-state index in [1.807, 2.05) is 68.4 Å². The van der Waals surface area contributed by atoms with E-state index >= 15 is 0 Å². The van der Waals surface area contributed by atoms with Crippen molar-refractivity contribution in [1.29, 1.82) is 0 Å². The second-order valence-electron chi connectivity index (χ2n) is 6.03. The molecule has 0 saturated heterocycles. The van der Waals surface area contributed by atoms with E-state index < -0.39 is 0 Å². The first-order chi connectivity index (χ1) is 12.0. The number of rotatable bonds is 5. The number of halogens is 1. The SMILES string of the molecule is CC(NC(C)c1cccc(Cl)c1)C(=O)Nc1cccc2ncccc12. The van der Waals surface area contributed by atoms with Crippen LogP contribution < -0.4 is 10.6 Å². The molecule has 0 radical (unpaired) electrons. The molecule has 2 unspecified atom stereocenters. The van der Waals surface area contributed by atoms with Gasteiger partial charge in [-0.1, -0.05) is 29.8 Å². The van der Waals surface area contributed by atoms with Gasteiger partial charge in [0.25, 0.3) is 0 Å². The molecule has 0 aliphatic rings. The number of aromatic nitrogens is 1. The largest absolute Gasteiger partial charge is 0.324 e. The second-order valence-corrected chi connectivity index (χ2v) is 6.47. The topological polar surface area (TPSA) is 54.0 Å². The van der Waals surface area contributed by atoms with Gasteiger partial charge in [0.15, 0.2) is 0 Å². The molecule has 3 aromatic rings. The minimum absolute atomic E-state index is 0.00799. The maximum atomic E-state index is 12.6. The Morgan fingerprint density at radius 2 is 1.88 bits per heavy atom. The molecule has 128 valence electrons. The molecule has 1 heterocycles. The Kier molecular flexibility index (Phi) is 5.31. The van der Waals surface area contributed by atoms with E-state index in [1.165, 1.54) is 0 Å². The Labute approximate surface area is 152 Å². The van der Waals surface area contributed by atoms with Gasteiger partial charge in [0.1, 0.15) is 0 Å². The van der Waals surface area contributed by atoms with Crippen LogP contribution in [-0.4, -0.2) is 16.9 Å². The highest BCUT2D eigenvalue weighted by Crippen LogP contribution is 2.22. The van der Waals surface area contributed by atoms with Crippen LogP contribution in [0.2, 0.25) is 5.02 Å². The zero-order valence-electron chi connectivity index (χ0n) is 14.2. The molecule has 0 saturated carbocycles. The molecule has 5 heteroatoms. The predicted molar refractivity (Wildman–Crippen MR) is 103 cm³/mol. The smallest absolute Gasteiger partial charge is 0.241 e. The number of benzene rings is 2. The van der Waals surface area contributed by atoms with Crippen LogP contribution in [0, 0.1) is 0 Å². The van der Waals surface area contributed by atoms with Gasteiger partial charge in [0.05, 0.1) is 17.2 Å². The van der Waals surface area contributed by atoms with Gasteiger partial charge in [-0.2, -0.15) is 0 Å². The van der Waals surface area contributed by atoms with E-state index in [0.29, 0.717) is 5.02 Å². The van der Waals surface area contributed by atoms with E-state index in [-0.39, 0.29) is 18.0 Å². The molecule has 25 heavy (non-hydrogen) atoms. The lowest BCUT2D eigenvalue weighted by Crippen LogP contribution is -2.39.